The molecule has 0 spiro atoms. The fraction of sp³-hybridized carbons (Fsp3) is 0.500. The van der Waals surface area contributed by atoms with E-state index in [2.05, 4.69) is 10.1 Å². The average Bonchev–Trinajstić information content (AvgIpc) is 3.23. The predicted octanol–water partition coefficient (Wildman–Crippen LogP) is 2.69. The normalized spacial score (nSPS) is 15.6. The third-order valence-electron chi connectivity index (χ3n) is 4.45. The zero-order valence-corrected chi connectivity index (χ0v) is 14.9. The molecule has 1 saturated heterocycles. The number of hydrogen-bond donors (Lipinski definition) is 1. The maximum absolute atomic E-state index is 12.7. The molecule has 7 nitrogen and oxygen atoms in total. The molecule has 140 valence electrons. The molecule has 0 radical (unpaired) electrons. The number of alkyl halides is 2. The minimum atomic E-state index is -2.66. The number of carbonyl (C=O) groups is 2. The Morgan fingerprint density at radius 3 is 2.62 bits per heavy atom. The van der Waals surface area contributed by atoms with Crippen LogP contribution in [-0.2, 0) is 11.3 Å². The lowest BCUT2D eigenvalue weighted by atomic mass is 9.97. The molecule has 0 saturated carbocycles. The number of aromatic carboxylic acids is 1. The first kappa shape index (κ1) is 18.4. The highest BCUT2D eigenvalue weighted by Crippen LogP contribution is 2.30. The van der Waals surface area contributed by atoms with E-state index in [9.17, 15) is 18.4 Å². The SMILES string of the molecule is Cc1cc(C(F)F)nn1CC(=O)N1CCC(c2nc(C(=O)O)cs2)CC1. The van der Waals surface area contributed by atoms with Gasteiger partial charge in [0.2, 0.25) is 5.91 Å². The number of carbonyl (C=O) groups excluding carboxylic acids is 1. The van der Waals surface area contributed by atoms with Crippen molar-refractivity contribution in [2.75, 3.05) is 13.1 Å². The fourth-order valence-corrected chi connectivity index (χ4v) is 3.94. The lowest BCUT2D eigenvalue weighted by Gasteiger charge is -2.31. The number of aromatic nitrogens is 3. The largest absolute Gasteiger partial charge is 0.476 e. The highest BCUT2D eigenvalue weighted by molar-refractivity contribution is 7.09. The van der Waals surface area contributed by atoms with Crippen molar-refractivity contribution in [1.82, 2.24) is 19.7 Å². The Hall–Kier alpha value is -2.36. The summed E-state index contributed by atoms with van der Waals surface area (Å²) in [6.45, 7) is 2.62. The Morgan fingerprint density at radius 2 is 2.08 bits per heavy atom. The summed E-state index contributed by atoms with van der Waals surface area (Å²) >= 11 is 1.32. The molecule has 0 unspecified atom stereocenters. The van der Waals surface area contributed by atoms with E-state index in [-0.39, 0.29) is 29.8 Å². The number of nitrogens with zero attached hydrogens (tertiary/aromatic N) is 4. The first-order chi connectivity index (χ1) is 12.3. The quantitative estimate of drug-likeness (QED) is 0.856. The highest BCUT2D eigenvalue weighted by Gasteiger charge is 2.27. The molecule has 26 heavy (non-hydrogen) atoms. The second-order valence-corrected chi connectivity index (χ2v) is 7.09. The Bertz CT molecular complexity index is 812. The third kappa shape index (κ3) is 3.90. The molecule has 1 fully saturated rings. The van der Waals surface area contributed by atoms with Crippen LogP contribution >= 0.6 is 11.3 Å². The molecule has 2 aromatic rings. The standard InChI is InChI=1S/C16H18F2N4O3S/c1-9-6-11(14(17)18)20-22(9)7-13(23)21-4-2-10(3-5-21)15-19-12(8-26-15)16(24)25/h6,8,10,14H,2-5,7H2,1H3,(H,24,25). The summed E-state index contributed by atoms with van der Waals surface area (Å²) < 4.78 is 26.7. The molecule has 0 aromatic carbocycles. The van der Waals surface area contributed by atoms with E-state index in [1.807, 2.05) is 0 Å². The third-order valence-corrected chi connectivity index (χ3v) is 5.45. The van der Waals surface area contributed by atoms with Gasteiger partial charge < -0.3 is 10.0 Å². The molecule has 0 aliphatic carbocycles. The van der Waals surface area contributed by atoms with Crippen molar-refractivity contribution in [3.05, 3.63) is 33.5 Å². The number of aryl methyl sites for hydroxylation is 1. The Kier molecular flexibility index (Phi) is 5.30. The number of thiazole rings is 1. The van der Waals surface area contributed by atoms with Gasteiger partial charge in [0.1, 0.15) is 12.2 Å². The molecule has 0 atom stereocenters. The second-order valence-electron chi connectivity index (χ2n) is 6.20. The molecule has 1 aliphatic rings. The van der Waals surface area contributed by atoms with Crippen LogP contribution in [0.5, 0.6) is 0 Å². The van der Waals surface area contributed by atoms with Gasteiger partial charge in [-0.05, 0) is 25.8 Å². The van der Waals surface area contributed by atoms with Gasteiger partial charge in [0, 0.05) is 30.1 Å². The number of piperidine rings is 1. The van der Waals surface area contributed by atoms with E-state index in [1.54, 1.807) is 11.8 Å². The van der Waals surface area contributed by atoms with Gasteiger partial charge >= 0.3 is 5.97 Å². The smallest absolute Gasteiger partial charge is 0.355 e. The molecule has 3 heterocycles. The maximum Gasteiger partial charge on any atom is 0.355 e. The highest BCUT2D eigenvalue weighted by atomic mass is 32.1. The molecule has 1 amide bonds. The number of hydrogen-bond acceptors (Lipinski definition) is 5. The summed E-state index contributed by atoms with van der Waals surface area (Å²) in [5.41, 5.74) is 0.243. The minimum absolute atomic E-state index is 0.0486. The van der Waals surface area contributed by atoms with Crippen LogP contribution in [0.3, 0.4) is 0 Å². The van der Waals surface area contributed by atoms with E-state index >= 15 is 0 Å². The van der Waals surface area contributed by atoms with E-state index in [4.69, 9.17) is 5.11 Å². The summed E-state index contributed by atoms with van der Waals surface area (Å²) in [5, 5.41) is 15.0. The van der Waals surface area contributed by atoms with E-state index < -0.39 is 12.4 Å². The molecule has 10 heteroatoms. The van der Waals surface area contributed by atoms with Crippen LogP contribution in [0.4, 0.5) is 8.78 Å². The molecular weight excluding hydrogens is 366 g/mol. The average molecular weight is 384 g/mol. The first-order valence-electron chi connectivity index (χ1n) is 8.14. The fourth-order valence-electron chi connectivity index (χ4n) is 2.98. The van der Waals surface area contributed by atoms with E-state index in [0.717, 1.165) is 5.01 Å². The summed E-state index contributed by atoms with van der Waals surface area (Å²) in [5.74, 6) is -1.08. The van der Waals surface area contributed by atoms with Gasteiger partial charge in [0.05, 0.1) is 5.01 Å². The Balaban J connectivity index is 1.57. The predicted molar refractivity (Wildman–Crippen MR) is 89.5 cm³/mol. The van der Waals surface area contributed by atoms with Crippen molar-refractivity contribution < 1.29 is 23.5 Å². The van der Waals surface area contributed by atoms with Crippen LogP contribution < -0.4 is 0 Å². The molecule has 1 aliphatic heterocycles. The van der Waals surface area contributed by atoms with Crippen molar-refractivity contribution in [3.63, 3.8) is 0 Å². The minimum Gasteiger partial charge on any atom is -0.476 e. The van der Waals surface area contributed by atoms with Crippen molar-refractivity contribution in [2.45, 2.75) is 38.7 Å². The van der Waals surface area contributed by atoms with E-state index in [1.165, 1.54) is 27.5 Å². The van der Waals surface area contributed by atoms with Crippen molar-refractivity contribution in [3.8, 4) is 0 Å². The lowest BCUT2D eigenvalue weighted by Crippen LogP contribution is -2.40. The van der Waals surface area contributed by atoms with E-state index in [0.29, 0.717) is 31.6 Å². The molecule has 0 bridgehead atoms. The van der Waals surface area contributed by atoms with Crippen LogP contribution in [0.2, 0.25) is 0 Å². The number of carboxylic acid groups (broad SMARTS) is 1. The molecular formula is C16H18F2N4O3S. The number of rotatable bonds is 5. The molecule has 1 N–H and O–H groups in total. The molecule has 2 aromatic heterocycles. The van der Waals surface area contributed by atoms with Crippen LogP contribution in [0.15, 0.2) is 11.4 Å². The van der Waals surface area contributed by atoms with Crippen LogP contribution in [0, 0.1) is 6.92 Å². The van der Waals surface area contributed by atoms with Gasteiger partial charge in [-0.1, -0.05) is 0 Å². The van der Waals surface area contributed by atoms with Gasteiger partial charge in [0.25, 0.3) is 6.43 Å². The Labute approximate surface area is 152 Å². The van der Waals surface area contributed by atoms with Gasteiger partial charge in [-0.15, -0.1) is 11.3 Å². The maximum atomic E-state index is 12.7. The Morgan fingerprint density at radius 1 is 1.38 bits per heavy atom. The molecule has 3 rings (SSSR count). The topological polar surface area (TPSA) is 88.3 Å². The first-order valence-corrected chi connectivity index (χ1v) is 9.02. The number of amides is 1. The van der Waals surface area contributed by atoms with Gasteiger partial charge in [0.15, 0.2) is 5.69 Å². The summed E-state index contributed by atoms with van der Waals surface area (Å²) in [6.07, 6.45) is -1.27. The number of halogens is 2. The van der Waals surface area contributed by atoms with Crippen molar-refractivity contribution in [2.24, 2.45) is 0 Å². The monoisotopic (exact) mass is 384 g/mol. The van der Waals surface area contributed by atoms with Gasteiger partial charge in [-0.25, -0.2) is 18.6 Å². The van der Waals surface area contributed by atoms with Crippen LogP contribution in [-0.4, -0.2) is 49.7 Å². The summed E-state index contributed by atoms with van der Waals surface area (Å²) in [4.78, 5) is 29.2. The zero-order chi connectivity index (χ0) is 18.8. The number of carboxylic acids is 1. The van der Waals surface area contributed by atoms with Crippen LogP contribution in [0.1, 0.15) is 52.1 Å². The summed E-state index contributed by atoms with van der Waals surface area (Å²) in [7, 11) is 0. The van der Waals surface area contributed by atoms with Gasteiger partial charge in [-0.3, -0.25) is 9.48 Å². The van der Waals surface area contributed by atoms with Gasteiger partial charge in [-0.2, -0.15) is 5.10 Å². The lowest BCUT2D eigenvalue weighted by molar-refractivity contribution is -0.133. The van der Waals surface area contributed by atoms with Crippen LogP contribution in [0.25, 0.3) is 0 Å². The number of likely N-dealkylation sites (tertiary alicyclic amines) is 1. The summed E-state index contributed by atoms with van der Waals surface area (Å²) in [6, 6.07) is 1.28. The second kappa shape index (κ2) is 7.48. The zero-order valence-electron chi connectivity index (χ0n) is 14.1. The van der Waals surface area contributed by atoms with Crippen molar-refractivity contribution >= 4 is 23.2 Å². The van der Waals surface area contributed by atoms with Crippen molar-refractivity contribution in [1.29, 1.82) is 0 Å².